The standard InChI is InChI=1S/C15H22N2O.ClH/c1-10-6-11(2)14(12(3)7-10)15(18)17-5-4-13(8-16)9-17;/h6-7,13H,4-5,8-9,16H2,1-3H3;1H. The minimum absolute atomic E-state index is 0. The summed E-state index contributed by atoms with van der Waals surface area (Å²) in [4.78, 5) is 14.5. The first kappa shape index (κ1) is 16.0. The van der Waals surface area contributed by atoms with Crippen LogP contribution in [-0.4, -0.2) is 30.4 Å². The van der Waals surface area contributed by atoms with Crippen LogP contribution in [0.25, 0.3) is 0 Å². The number of amides is 1. The minimum atomic E-state index is 0. The van der Waals surface area contributed by atoms with Gasteiger partial charge in [0.15, 0.2) is 0 Å². The van der Waals surface area contributed by atoms with Gasteiger partial charge in [-0.3, -0.25) is 4.79 Å². The third-order valence-electron chi connectivity index (χ3n) is 3.80. The molecule has 1 unspecified atom stereocenters. The van der Waals surface area contributed by atoms with E-state index in [1.807, 2.05) is 18.7 Å². The first-order chi connectivity index (χ1) is 8.52. The van der Waals surface area contributed by atoms with E-state index in [2.05, 4.69) is 19.1 Å². The van der Waals surface area contributed by atoms with E-state index in [4.69, 9.17) is 5.73 Å². The topological polar surface area (TPSA) is 46.3 Å². The molecule has 1 aliphatic heterocycles. The Morgan fingerprint density at radius 2 is 1.89 bits per heavy atom. The van der Waals surface area contributed by atoms with Crippen molar-refractivity contribution in [2.75, 3.05) is 19.6 Å². The van der Waals surface area contributed by atoms with Gasteiger partial charge in [0.2, 0.25) is 0 Å². The Hall–Kier alpha value is -1.06. The Morgan fingerprint density at radius 3 is 2.37 bits per heavy atom. The molecule has 106 valence electrons. The predicted molar refractivity (Wildman–Crippen MR) is 81.0 cm³/mol. The average molecular weight is 283 g/mol. The van der Waals surface area contributed by atoms with Crippen molar-refractivity contribution >= 4 is 18.3 Å². The van der Waals surface area contributed by atoms with Gasteiger partial charge < -0.3 is 10.6 Å². The molecule has 1 aliphatic rings. The summed E-state index contributed by atoms with van der Waals surface area (Å²) >= 11 is 0. The van der Waals surface area contributed by atoms with Gasteiger partial charge in [0.25, 0.3) is 5.91 Å². The summed E-state index contributed by atoms with van der Waals surface area (Å²) < 4.78 is 0. The van der Waals surface area contributed by atoms with Crippen LogP contribution in [0.2, 0.25) is 0 Å². The predicted octanol–water partition coefficient (Wildman–Crippen LogP) is 2.45. The van der Waals surface area contributed by atoms with E-state index >= 15 is 0 Å². The molecule has 0 aliphatic carbocycles. The number of aryl methyl sites for hydroxylation is 3. The van der Waals surface area contributed by atoms with Crippen molar-refractivity contribution in [3.05, 3.63) is 34.4 Å². The van der Waals surface area contributed by atoms with Gasteiger partial charge in [-0.05, 0) is 50.8 Å². The smallest absolute Gasteiger partial charge is 0.254 e. The molecule has 2 rings (SSSR count). The van der Waals surface area contributed by atoms with E-state index in [0.29, 0.717) is 12.5 Å². The molecule has 19 heavy (non-hydrogen) atoms. The number of hydrogen-bond acceptors (Lipinski definition) is 2. The maximum absolute atomic E-state index is 12.5. The average Bonchev–Trinajstić information content (AvgIpc) is 2.75. The molecule has 1 fully saturated rings. The quantitative estimate of drug-likeness (QED) is 0.906. The Morgan fingerprint density at radius 1 is 1.32 bits per heavy atom. The van der Waals surface area contributed by atoms with Crippen LogP contribution < -0.4 is 5.73 Å². The highest BCUT2D eigenvalue weighted by Gasteiger charge is 2.27. The van der Waals surface area contributed by atoms with Gasteiger partial charge in [-0.25, -0.2) is 0 Å². The summed E-state index contributed by atoms with van der Waals surface area (Å²) in [6.45, 7) is 8.42. The van der Waals surface area contributed by atoms with Crippen molar-refractivity contribution in [3.63, 3.8) is 0 Å². The molecular weight excluding hydrogens is 260 g/mol. The van der Waals surface area contributed by atoms with E-state index < -0.39 is 0 Å². The lowest BCUT2D eigenvalue weighted by atomic mass is 9.99. The summed E-state index contributed by atoms with van der Waals surface area (Å²) in [7, 11) is 0. The lowest BCUT2D eigenvalue weighted by Gasteiger charge is -2.19. The molecule has 0 spiro atoms. The highest BCUT2D eigenvalue weighted by Crippen LogP contribution is 2.22. The second kappa shape index (κ2) is 6.40. The first-order valence-corrected chi connectivity index (χ1v) is 6.60. The van der Waals surface area contributed by atoms with Crippen LogP contribution in [-0.2, 0) is 0 Å². The Bertz CT molecular complexity index is 450. The molecule has 0 radical (unpaired) electrons. The maximum Gasteiger partial charge on any atom is 0.254 e. The fraction of sp³-hybridized carbons (Fsp3) is 0.533. The van der Waals surface area contributed by atoms with Crippen molar-refractivity contribution < 1.29 is 4.79 Å². The Labute approximate surface area is 121 Å². The van der Waals surface area contributed by atoms with E-state index in [0.717, 1.165) is 36.2 Å². The van der Waals surface area contributed by atoms with Crippen molar-refractivity contribution in [1.29, 1.82) is 0 Å². The summed E-state index contributed by atoms with van der Waals surface area (Å²) in [5, 5.41) is 0. The number of likely N-dealkylation sites (tertiary alicyclic amines) is 1. The van der Waals surface area contributed by atoms with Crippen LogP contribution in [0.5, 0.6) is 0 Å². The van der Waals surface area contributed by atoms with Crippen LogP contribution in [0.1, 0.15) is 33.5 Å². The lowest BCUT2D eigenvalue weighted by Crippen LogP contribution is -2.31. The van der Waals surface area contributed by atoms with E-state index in [1.54, 1.807) is 0 Å². The molecule has 0 bridgehead atoms. The van der Waals surface area contributed by atoms with Gasteiger partial charge in [0.1, 0.15) is 0 Å². The number of benzene rings is 1. The fourth-order valence-electron chi connectivity index (χ4n) is 2.88. The fourth-order valence-corrected chi connectivity index (χ4v) is 2.88. The zero-order chi connectivity index (χ0) is 13.3. The number of carbonyl (C=O) groups excluding carboxylic acids is 1. The number of carbonyl (C=O) groups is 1. The summed E-state index contributed by atoms with van der Waals surface area (Å²) in [5.74, 6) is 0.640. The summed E-state index contributed by atoms with van der Waals surface area (Å²) in [5.41, 5.74) is 9.92. The molecule has 3 nitrogen and oxygen atoms in total. The number of hydrogen-bond donors (Lipinski definition) is 1. The third kappa shape index (κ3) is 3.28. The zero-order valence-electron chi connectivity index (χ0n) is 11.9. The van der Waals surface area contributed by atoms with Gasteiger partial charge in [0, 0.05) is 18.7 Å². The van der Waals surface area contributed by atoms with Crippen molar-refractivity contribution in [1.82, 2.24) is 4.90 Å². The molecule has 1 saturated heterocycles. The molecule has 4 heteroatoms. The highest BCUT2D eigenvalue weighted by molar-refractivity contribution is 5.97. The van der Waals surface area contributed by atoms with Gasteiger partial charge in [-0.15, -0.1) is 12.4 Å². The van der Waals surface area contributed by atoms with Gasteiger partial charge in [-0.2, -0.15) is 0 Å². The number of rotatable bonds is 2. The summed E-state index contributed by atoms with van der Waals surface area (Å²) in [6.07, 6.45) is 1.03. The third-order valence-corrected chi connectivity index (χ3v) is 3.80. The van der Waals surface area contributed by atoms with Crippen LogP contribution in [0.15, 0.2) is 12.1 Å². The van der Waals surface area contributed by atoms with Crippen molar-refractivity contribution in [2.45, 2.75) is 27.2 Å². The van der Waals surface area contributed by atoms with Crippen LogP contribution in [0.4, 0.5) is 0 Å². The molecule has 0 aromatic heterocycles. The van der Waals surface area contributed by atoms with E-state index in [-0.39, 0.29) is 18.3 Å². The number of nitrogens with two attached hydrogens (primary N) is 1. The zero-order valence-corrected chi connectivity index (χ0v) is 12.7. The monoisotopic (exact) mass is 282 g/mol. The van der Waals surface area contributed by atoms with Crippen molar-refractivity contribution in [2.24, 2.45) is 11.7 Å². The van der Waals surface area contributed by atoms with Crippen LogP contribution >= 0.6 is 12.4 Å². The number of nitrogens with zero attached hydrogens (tertiary/aromatic N) is 1. The number of halogens is 1. The normalized spacial score (nSPS) is 18.3. The van der Waals surface area contributed by atoms with E-state index in [9.17, 15) is 4.79 Å². The Kier molecular flexibility index (Phi) is 5.39. The van der Waals surface area contributed by atoms with Gasteiger partial charge in [0.05, 0.1) is 0 Å². The molecule has 1 aromatic carbocycles. The van der Waals surface area contributed by atoms with Gasteiger partial charge >= 0.3 is 0 Å². The minimum Gasteiger partial charge on any atom is -0.338 e. The Balaban J connectivity index is 0.00000180. The van der Waals surface area contributed by atoms with E-state index in [1.165, 1.54) is 5.56 Å². The van der Waals surface area contributed by atoms with Crippen LogP contribution in [0.3, 0.4) is 0 Å². The van der Waals surface area contributed by atoms with Gasteiger partial charge in [-0.1, -0.05) is 17.7 Å². The molecular formula is C15H23ClN2O. The maximum atomic E-state index is 12.5. The lowest BCUT2D eigenvalue weighted by molar-refractivity contribution is 0.0786. The first-order valence-electron chi connectivity index (χ1n) is 6.60. The van der Waals surface area contributed by atoms with Crippen LogP contribution in [0, 0.1) is 26.7 Å². The molecule has 1 heterocycles. The molecule has 1 amide bonds. The highest BCUT2D eigenvalue weighted by atomic mass is 35.5. The largest absolute Gasteiger partial charge is 0.338 e. The molecule has 2 N–H and O–H groups in total. The molecule has 1 atom stereocenters. The summed E-state index contributed by atoms with van der Waals surface area (Å²) in [6, 6.07) is 4.16. The SMILES string of the molecule is Cc1cc(C)c(C(=O)N2CCC(CN)C2)c(C)c1.Cl. The second-order valence-corrected chi connectivity index (χ2v) is 5.42. The molecule has 1 aromatic rings. The van der Waals surface area contributed by atoms with Crippen molar-refractivity contribution in [3.8, 4) is 0 Å². The second-order valence-electron chi connectivity index (χ2n) is 5.42. The molecule has 0 saturated carbocycles.